The van der Waals surface area contributed by atoms with Crippen molar-refractivity contribution in [1.29, 1.82) is 0 Å². The van der Waals surface area contributed by atoms with Gasteiger partial charge in [0.15, 0.2) is 12.4 Å². The molecule has 0 spiro atoms. The Hall–Kier alpha value is -0.500. The molecule has 1 nitrogen and oxygen atoms in total. The van der Waals surface area contributed by atoms with Gasteiger partial charge in [-0.25, -0.2) is 14.6 Å². The maximum Gasteiger partial charge on any atom is 0.169 e. The minimum atomic E-state index is -0.533. The summed E-state index contributed by atoms with van der Waals surface area (Å²) in [4.78, 5) is 1.47. The van der Waals surface area contributed by atoms with Gasteiger partial charge in [-0.15, -0.1) is 0 Å². The molecular formula is C9H16NS+. The van der Waals surface area contributed by atoms with E-state index in [4.69, 9.17) is 0 Å². The van der Waals surface area contributed by atoms with E-state index in [9.17, 15) is 0 Å². The molecule has 1 aromatic rings. The molecule has 11 heavy (non-hydrogen) atoms. The predicted molar refractivity (Wildman–Crippen MR) is 51.2 cm³/mol. The second-order valence-electron chi connectivity index (χ2n) is 3.54. The van der Waals surface area contributed by atoms with Crippen LogP contribution in [0.2, 0.25) is 0 Å². The molecule has 62 valence electrons. The van der Waals surface area contributed by atoms with Crippen LogP contribution < -0.4 is 4.57 Å². The third-order valence-electron chi connectivity index (χ3n) is 1.65. The van der Waals surface area contributed by atoms with Crippen molar-refractivity contribution in [3.05, 3.63) is 24.5 Å². The fourth-order valence-electron chi connectivity index (χ4n) is 0.896. The van der Waals surface area contributed by atoms with Crippen molar-refractivity contribution in [1.82, 2.24) is 0 Å². The predicted octanol–water partition coefficient (Wildman–Crippen LogP) is 1.56. The Labute approximate surface area is 70.4 Å². The van der Waals surface area contributed by atoms with Crippen LogP contribution in [0.5, 0.6) is 0 Å². The molecule has 1 rings (SSSR count). The first-order valence-corrected chi connectivity index (χ1v) is 6.49. The van der Waals surface area contributed by atoms with Gasteiger partial charge in [0.05, 0.1) is 0 Å². The lowest BCUT2D eigenvalue weighted by molar-refractivity contribution is -0.671. The van der Waals surface area contributed by atoms with E-state index in [2.05, 4.69) is 47.9 Å². The van der Waals surface area contributed by atoms with Crippen molar-refractivity contribution >= 4 is 10.0 Å². The van der Waals surface area contributed by atoms with Gasteiger partial charge in [-0.05, 0) is 18.8 Å². The number of aromatic nitrogens is 1. The van der Waals surface area contributed by atoms with Crippen molar-refractivity contribution < 1.29 is 4.57 Å². The van der Waals surface area contributed by atoms with Crippen LogP contribution >= 0.6 is 10.0 Å². The van der Waals surface area contributed by atoms with Crippen LogP contribution in [0.25, 0.3) is 0 Å². The molecular weight excluding hydrogens is 154 g/mol. The molecule has 2 heteroatoms. The summed E-state index contributed by atoms with van der Waals surface area (Å²) in [7, 11) is 1.51. The van der Waals surface area contributed by atoms with Gasteiger partial charge in [0.2, 0.25) is 0 Å². The highest BCUT2D eigenvalue weighted by molar-refractivity contribution is 8.32. The molecule has 0 amide bonds. The van der Waals surface area contributed by atoms with Gasteiger partial charge in [-0.2, -0.15) is 0 Å². The van der Waals surface area contributed by atoms with E-state index >= 15 is 0 Å². The average Bonchev–Trinajstić information content (AvgIpc) is 1.86. The van der Waals surface area contributed by atoms with Gasteiger partial charge in [-0.1, -0.05) is 0 Å². The standard InChI is InChI=1S/C9H16NS/c1-10-7-5-9(6-8-10)11(2,3)4/h5-8H,1-4H3/q+1. The van der Waals surface area contributed by atoms with Crippen LogP contribution in [0.1, 0.15) is 0 Å². The zero-order chi connectivity index (χ0) is 8.48. The molecule has 1 heterocycles. The molecule has 0 aliphatic heterocycles. The number of pyridine rings is 1. The number of hydrogen-bond donors (Lipinski definition) is 0. The van der Waals surface area contributed by atoms with Crippen LogP contribution in [0.4, 0.5) is 0 Å². The molecule has 0 fully saturated rings. The molecule has 0 aromatic carbocycles. The van der Waals surface area contributed by atoms with Crippen molar-refractivity contribution in [3.8, 4) is 0 Å². The summed E-state index contributed by atoms with van der Waals surface area (Å²) in [6.07, 6.45) is 11.1. The summed E-state index contributed by atoms with van der Waals surface area (Å²) >= 11 is 0. The van der Waals surface area contributed by atoms with Crippen LogP contribution in [0, 0.1) is 0 Å². The Morgan fingerprint density at radius 1 is 1.09 bits per heavy atom. The first kappa shape index (κ1) is 8.60. The van der Waals surface area contributed by atoms with E-state index in [0.717, 1.165) is 0 Å². The first-order valence-electron chi connectivity index (χ1n) is 3.64. The lowest BCUT2D eigenvalue weighted by atomic mass is 10.5. The summed E-state index contributed by atoms with van der Waals surface area (Å²) in [6, 6.07) is 4.41. The van der Waals surface area contributed by atoms with E-state index in [-0.39, 0.29) is 0 Å². The van der Waals surface area contributed by atoms with E-state index in [1.54, 1.807) is 0 Å². The fraction of sp³-hybridized carbons (Fsp3) is 0.444. The summed E-state index contributed by atoms with van der Waals surface area (Å²) in [6.45, 7) is 0. The molecule has 0 atom stereocenters. The van der Waals surface area contributed by atoms with Crippen LogP contribution in [-0.4, -0.2) is 18.8 Å². The highest BCUT2D eigenvalue weighted by Gasteiger charge is 2.07. The number of nitrogens with zero attached hydrogens (tertiary/aromatic N) is 1. The second kappa shape index (κ2) is 2.86. The summed E-state index contributed by atoms with van der Waals surface area (Å²) in [5.41, 5.74) is 0. The Bertz CT molecular complexity index is 233. The highest BCUT2D eigenvalue weighted by Crippen LogP contribution is 2.44. The molecule has 0 N–H and O–H groups in total. The molecule has 0 bridgehead atoms. The summed E-state index contributed by atoms with van der Waals surface area (Å²) < 4.78 is 2.06. The fourth-order valence-corrected chi connectivity index (χ4v) is 1.83. The average molecular weight is 170 g/mol. The van der Waals surface area contributed by atoms with Crippen molar-refractivity contribution in [2.24, 2.45) is 7.05 Å². The third-order valence-corrected chi connectivity index (χ3v) is 3.34. The lowest BCUT2D eigenvalue weighted by Crippen LogP contribution is -2.25. The van der Waals surface area contributed by atoms with Gasteiger partial charge in [0.1, 0.15) is 7.05 Å². The monoisotopic (exact) mass is 170 g/mol. The second-order valence-corrected chi connectivity index (χ2v) is 7.68. The van der Waals surface area contributed by atoms with Crippen molar-refractivity contribution in [2.75, 3.05) is 18.8 Å². The smallest absolute Gasteiger partial charge is 0.169 e. The highest BCUT2D eigenvalue weighted by atomic mass is 32.3. The normalized spacial score (nSPS) is 13.1. The Kier molecular flexibility index (Phi) is 2.23. The summed E-state index contributed by atoms with van der Waals surface area (Å²) in [5, 5.41) is 0. The Morgan fingerprint density at radius 3 is 1.91 bits per heavy atom. The lowest BCUT2D eigenvalue weighted by Gasteiger charge is -2.24. The van der Waals surface area contributed by atoms with Crippen molar-refractivity contribution in [2.45, 2.75) is 4.90 Å². The molecule has 0 radical (unpaired) electrons. The van der Waals surface area contributed by atoms with E-state index in [0.29, 0.717) is 0 Å². The number of hydrogen-bond acceptors (Lipinski definition) is 0. The van der Waals surface area contributed by atoms with Gasteiger partial charge >= 0.3 is 0 Å². The minimum absolute atomic E-state index is 0.533. The molecule has 0 unspecified atom stereocenters. The number of aryl methyl sites for hydroxylation is 1. The zero-order valence-electron chi connectivity index (χ0n) is 7.66. The summed E-state index contributed by atoms with van der Waals surface area (Å²) in [5.74, 6) is 0. The molecule has 0 aliphatic carbocycles. The van der Waals surface area contributed by atoms with Crippen LogP contribution in [0.15, 0.2) is 29.4 Å². The third kappa shape index (κ3) is 2.22. The topological polar surface area (TPSA) is 3.88 Å². The molecule has 1 aromatic heterocycles. The SMILES string of the molecule is C[n+]1ccc(S(C)(C)C)cc1. The zero-order valence-corrected chi connectivity index (χ0v) is 8.48. The molecule has 0 saturated heterocycles. The maximum atomic E-state index is 2.31. The Balaban J connectivity index is 2.99. The van der Waals surface area contributed by atoms with Crippen molar-refractivity contribution in [3.63, 3.8) is 0 Å². The maximum absolute atomic E-state index is 2.31. The quantitative estimate of drug-likeness (QED) is 0.563. The van der Waals surface area contributed by atoms with Gasteiger partial charge in [0, 0.05) is 17.0 Å². The largest absolute Gasteiger partial charge is 0.223 e. The minimum Gasteiger partial charge on any atom is -0.223 e. The van der Waals surface area contributed by atoms with E-state index < -0.39 is 10.0 Å². The van der Waals surface area contributed by atoms with Crippen LogP contribution in [0.3, 0.4) is 0 Å². The Morgan fingerprint density at radius 2 is 1.55 bits per heavy atom. The van der Waals surface area contributed by atoms with E-state index in [1.807, 2.05) is 7.05 Å². The molecule has 0 saturated carbocycles. The molecule has 0 aliphatic rings. The van der Waals surface area contributed by atoms with Crippen LogP contribution in [-0.2, 0) is 7.05 Å². The van der Waals surface area contributed by atoms with E-state index in [1.165, 1.54) is 4.90 Å². The van der Waals surface area contributed by atoms with Gasteiger partial charge in [-0.3, -0.25) is 0 Å². The first-order chi connectivity index (χ1) is 5.00. The van der Waals surface area contributed by atoms with Gasteiger partial charge in [0.25, 0.3) is 0 Å². The number of rotatable bonds is 1. The van der Waals surface area contributed by atoms with Gasteiger partial charge < -0.3 is 0 Å².